The summed E-state index contributed by atoms with van der Waals surface area (Å²) in [6, 6.07) is 25.6. The third kappa shape index (κ3) is 2.78. The van der Waals surface area contributed by atoms with Crippen LogP contribution in [0.2, 0.25) is 0 Å². The first-order valence-electron chi connectivity index (χ1n) is 8.53. The molecule has 4 aromatic rings. The quantitative estimate of drug-likeness (QED) is 0.526. The van der Waals surface area contributed by atoms with Gasteiger partial charge in [-0.05, 0) is 66.4 Å². The normalized spacial score (nSPS) is 10.8. The van der Waals surface area contributed by atoms with E-state index < -0.39 is 0 Å². The molecule has 0 spiro atoms. The summed E-state index contributed by atoms with van der Waals surface area (Å²) < 4.78 is 7.04. The maximum absolute atomic E-state index is 13.3. The number of fused-ring (bicyclic) bond motifs is 1. The highest BCUT2D eigenvalue weighted by atomic mass is 16.5. The topological polar surface area (TPSA) is 31.2 Å². The highest BCUT2D eigenvalue weighted by molar-refractivity contribution is 5.86. The van der Waals surface area contributed by atoms with Crippen LogP contribution in [-0.4, -0.2) is 11.7 Å². The first-order chi connectivity index (χ1) is 12.7. The third-order valence-corrected chi connectivity index (χ3v) is 4.61. The summed E-state index contributed by atoms with van der Waals surface area (Å²) in [7, 11) is 1.65. The highest BCUT2D eigenvalue weighted by Crippen LogP contribution is 2.27. The Hall–Kier alpha value is -3.33. The van der Waals surface area contributed by atoms with Crippen molar-refractivity contribution in [3.63, 3.8) is 0 Å². The summed E-state index contributed by atoms with van der Waals surface area (Å²) in [5.74, 6) is 0.791. The molecule has 0 atom stereocenters. The molecule has 128 valence electrons. The fraction of sp³-hybridized carbons (Fsp3) is 0.0870. The maximum Gasteiger partial charge on any atom is 0.263 e. The van der Waals surface area contributed by atoms with E-state index in [0.29, 0.717) is 5.39 Å². The lowest BCUT2D eigenvalue weighted by molar-refractivity contribution is 0.415. The Morgan fingerprint density at radius 1 is 0.846 bits per heavy atom. The van der Waals surface area contributed by atoms with E-state index in [4.69, 9.17) is 4.74 Å². The van der Waals surface area contributed by atoms with Crippen molar-refractivity contribution in [3.05, 3.63) is 94.8 Å². The van der Waals surface area contributed by atoms with Crippen LogP contribution < -0.4 is 10.3 Å². The van der Waals surface area contributed by atoms with E-state index in [1.165, 1.54) is 0 Å². The molecule has 0 saturated carbocycles. The van der Waals surface area contributed by atoms with E-state index in [9.17, 15) is 4.79 Å². The van der Waals surface area contributed by atoms with Gasteiger partial charge in [-0.15, -0.1) is 0 Å². The van der Waals surface area contributed by atoms with Crippen LogP contribution in [0.25, 0.3) is 27.7 Å². The number of pyridine rings is 1. The summed E-state index contributed by atoms with van der Waals surface area (Å²) >= 11 is 0. The van der Waals surface area contributed by atoms with Crippen molar-refractivity contribution in [1.29, 1.82) is 0 Å². The van der Waals surface area contributed by atoms with E-state index in [1.807, 2.05) is 79.7 Å². The number of aromatic nitrogens is 1. The lowest BCUT2D eigenvalue weighted by Gasteiger charge is -2.15. The van der Waals surface area contributed by atoms with Crippen LogP contribution in [-0.2, 0) is 0 Å². The SMILES string of the molecule is COc1ccc(-c2cc3ccccc3c(=O)n2-c2ccc(C)cc2)cc1. The molecule has 1 heterocycles. The summed E-state index contributed by atoms with van der Waals surface area (Å²) in [6.07, 6.45) is 0. The molecule has 3 aromatic carbocycles. The minimum atomic E-state index is -0.0160. The zero-order valence-electron chi connectivity index (χ0n) is 14.8. The Morgan fingerprint density at radius 3 is 2.23 bits per heavy atom. The van der Waals surface area contributed by atoms with Crippen molar-refractivity contribution < 1.29 is 4.74 Å². The summed E-state index contributed by atoms with van der Waals surface area (Å²) in [5, 5.41) is 1.65. The lowest BCUT2D eigenvalue weighted by atomic mass is 10.1. The first-order valence-corrected chi connectivity index (χ1v) is 8.53. The molecule has 0 aliphatic rings. The van der Waals surface area contributed by atoms with Crippen molar-refractivity contribution in [2.45, 2.75) is 6.92 Å². The molecule has 1 aromatic heterocycles. The van der Waals surface area contributed by atoms with E-state index in [-0.39, 0.29) is 5.56 Å². The van der Waals surface area contributed by atoms with Crippen LogP contribution in [0, 0.1) is 6.92 Å². The van der Waals surface area contributed by atoms with E-state index in [0.717, 1.165) is 33.6 Å². The van der Waals surface area contributed by atoms with Gasteiger partial charge >= 0.3 is 0 Å². The molecule has 0 radical (unpaired) electrons. The van der Waals surface area contributed by atoms with E-state index >= 15 is 0 Å². The van der Waals surface area contributed by atoms with E-state index in [2.05, 4.69) is 6.07 Å². The first kappa shape index (κ1) is 16.2. The molecule has 0 fully saturated rings. The van der Waals surface area contributed by atoms with Gasteiger partial charge in [0.2, 0.25) is 0 Å². The van der Waals surface area contributed by atoms with Crippen LogP contribution in [0.1, 0.15) is 5.56 Å². The molecule has 0 aliphatic carbocycles. The van der Waals surface area contributed by atoms with Crippen LogP contribution in [0.4, 0.5) is 0 Å². The number of aryl methyl sites for hydroxylation is 1. The number of benzene rings is 3. The van der Waals surface area contributed by atoms with Gasteiger partial charge in [-0.25, -0.2) is 0 Å². The van der Waals surface area contributed by atoms with Gasteiger partial charge < -0.3 is 4.74 Å². The van der Waals surface area contributed by atoms with Crippen molar-refractivity contribution in [2.75, 3.05) is 7.11 Å². The molecule has 26 heavy (non-hydrogen) atoms. The van der Waals surface area contributed by atoms with Gasteiger partial charge in [0, 0.05) is 11.1 Å². The predicted molar refractivity (Wildman–Crippen MR) is 106 cm³/mol. The fourth-order valence-corrected chi connectivity index (χ4v) is 3.18. The molecule has 0 amide bonds. The van der Waals surface area contributed by atoms with Gasteiger partial charge in [0.05, 0.1) is 12.8 Å². The molecule has 0 aliphatic heterocycles. The standard InChI is InChI=1S/C23H19NO2/c1-16-7-11-19(12-8-16)24-22(17-9-13-20(26-2)14-10-17)15-18-5-3-4-6-21(18)23(24)25/h3-15H,1-2H3. The van der Waals surface area contributed by atoms with Gasteiger partial charge in [0.15, 0.2) is 0 Å². The van der Waals surface area contributed by atoms with Gasteiger partial charge in [0.25, 0.3) is 5.56 Å². The Morgan fingerprint density at radius 2 is 1.54 bits per heavy atom. The molecule has 3 heteroatoms. The number of hydrogen-bond donors (Lipinski definition) is 0. The number of rotatable bonds is 3. The molecular weight excluding hydrogens is 322 g/mol. The average molecular weight is 341 g/mol. The highest BCUT2D eigenvalue weighted by Gasteiger charge is 2.12. The van der Waals surface area contributed by atoms with Crippen LogP contribution in [0.5, 0.6) is 5.75 Å². The largest absolute Gasteiger partial charge is 0.497 e. The third-order valence-electron chi connectivity index (χ3n) is 4.61. The van der Waals surface area contributed by atoms with Crippen molar-refractivity contribution in [1.82, 2.24) is 4.57 Å². The fourth-order valence-electron chi connectivity index (χ4n) is 3.18. The Labute approximate surface area is 152 Å². The molecule has 0 unspecified atom stereocenters. The summed E-state index contributed by atoms with van der Waals surface area (Å²) in [4.78, 5) is 13.3. The van der Waals surface area contributed by atoms with Gasteiger partial charge in [-0.2, -0.15) is 0 Å². The van der Waals surface area contributed by atoms with E-state index in [1.54, 1.807) is 11.7 Å². The molecule has 4 rings (SSSR count). The second-order valence-corrected chi connectivity index (χ2v) is 6.32. The van der Waals surface area contributed by atoms with Crippen molar-refractivity contribution in [2.24, 2.45) is 0 Å². The molecule has 3 nitrogen and oxygen atoms in total. The van der Waals surface area contributed by atoms with Crippen molar-refractivity contribution in [3.8, 4) is 22.7 Å². The number of ether oxygens (including phenoxy) is 1. The minimum Gasteiger partial charge on any atom is -0.497 e. The molecular formula is C23H19NO2. The monoisotopic (exact) mass is 341 g/mol. The zero-order chi connectivity index (χ0) is 18.1. The number of hydrogen-bond acceptors (Lipinski definition) is 2. The summed E-state index contributed by atoms with van der Waals surface area (Å²) in [6.45, 7) is 2.04. The zero-order valence-corrected chi connectivity index (χ0v) is 14.8. The predicted octanol–water partition coefficient (Wildman–Crippen LogP) is 4.97. The van der Waals surface area contributed by atoms with Crippen LogP contribution >= 0.6 is 0 Å². The van der Waals surface area contributed by atoms with Gasteiger partial charge in [0.1, 0.15) is 5.75 Å². The van der Waals surface area contributed by atoms with Gasteiger partial charge in [-0.3, -0.25) is 9.36 Å². The van der Waals surface area contributed by atoms with Crippen molar-refractivity contribution >= 4 is 10.8 Å². The second kappa shape index (κ2) is 6.52. The Kier molecular flexibility index (Phi) is 4.05. The Balaban J connectivity index is 2.04. The Bertz CT molecular complexity index is 1120. The second-order valence-electron chi connectivity index (χ2n) is 6.32. The average Bonchev–Trinajstić information content (AvgIpc) is 2.69. The maximum atomic E-state index is 13.3. The molecule has 0 saturated heterocycles. The number of nitrogens with zero attached hydrogens (tertiary/aromatic N) is 1. The summed E-state index contributed by atoms with van der Waals surface area (Å²) in [5.41, 5.74) is 3.83. The van der Waals surface area contributed by atoms with Gasteiger partial charge in [-0.1, -0.05) is 35.9 Å². The molecule has 0 bridgehead atoms. The minimum absolute atomic E-state index is 0.0160. The molecule has 0 N–H and O–H groups in total. The number of methoxy groups -OCH3 is 1. The van der Waals surface area contributed by atoms with Crippen LogP contribution in [0.3, 0.4) is 0 Å². The lowest BCUT2D eigenvalue weighted by Crippen LogP contribution is -2.20. The van der Waals surface area contributed by atoms with Crippen LogP contribution in [0.15, 0.2) is 83.7 Å². The smallest absolute Gasteiger partial charge is 0.263 e.